The number of hydrogen-bond donors (Lipinski definition) is 1. The molecule has 0 amide bonds. The van der Waals surface area contributed by atoms with Gasteiger partial charge in [0.2, 0.25) is 0 Å². The molecule has 2 rings (SSSR count). The van der Waals surface area contributed by atoms with Crippen LogP contribution in [-0.2, 0) is 4.74 Å². The maximum atomic E-state index is 13.6. The lowest BCUT2D eigenvalue weighted by Crippen LogP contribution is -2.48. The van der Waals surface area contributed by atoms with Gasteiger partial charge >= 0.3 is 0 Å². The molecule has 1 aromatic rings. The molecule has 0 aliphatic heterocycles. The van der Waals surface area contributed by atoms with E-state index in [0.29, 0.717) is 12.1 Å². The lowest BCUT2D eigenvalue weighted by atomic mass is 9.80. The largest absolute Gasteiger partial charge is 0.377 e. The fourth-order valence-electron chi connectivity index (χ4n) is 2.32. The molecule has 0 spiro atoms. The van der Waals surface area contributed by atoms with Crippen molar-refractivity contribution in [1.29, 1.82) is 0 Å². The zero-order valence-electron chi connectivity index (χ0n) is 10.8. The van der Waals surface area contributed by atoms with Crippen molar-refractivity contribution in [2.24, 2.45) is 0 Å². The van der Waals surface area contributed by atoms with Crippen molar-refractivity contribution >= 4 is 0 Å². The van der Waals surface area contributed by atoms with Crippen LogP contribution in [0.1, 0.15) is 37.8 Å². The average Bonchev–Trinajstić information content (AvgIpc) is 2.31. The predicted molar refractivity (Wildman–Crippen MR) is 66.4 cm³/mol. The highest BCUT2D eigenvalue weighted by Crippen LogP contribution is 2.34. The monoisotopic (exact) mass is 255 g/mol. The third-order valence-corrected chi connectivity index (χ3v) is 3.85. The van der Waals surface area contributed by atoms with Crippen LogP contribution in [0.5, 0.6) is 0 Å². The summed E-state index contributed by atoms with van der Waals surface area (Å²) in [6.45, 7) is 2.50. The Balaban J connectivity index is 1.99. The fraction of sp³-hybridized carbons (Fsp3) is 0.571. The number of ether oxygens (including phenoxy) is 1. The van der Waals surface area contributed by atoms with Gasteiger partial charge in [-0.25, -0.2) is 8.78 Å². The summed E-state index contributed by atoms with van der Waals surface area (Å²) in [6, 6.07) is 3.31. The highest BCUT2D eigenvalue weighted by atomic mass is 19.1. The van der Waals surface area contributed by atoms with Crippen molar-refractivity contribution in [3.8, 4) is 0 Å². The maximum Gasteiger partial charge on any atom is 0.128 e. The first kappa shape index (κ1) is 13.4. The van der Waals surface area contributed by atoms with Gasteiger partial charge in [-0.1, -0.05) is 0 Å². The van der Waals surface area contributed by atoms with E-state index in [9.17, 15) is 8.78 Å². The van der Waals surface area contributed by atoms with Gasteiger partial charge in [0.05, 0.1) is 5.60 Å². The number of nitrogens with one attached hydrogen (secondary N) is 1. The van der Waals surface area contributed by atoms with Crippen LogP contribution < -0.4 is 5.32 Å². The Labute approximate surface area is 106 Å². The predicted octanol–water partition coefficient (Wildman–Crippen LogP) is 3.18. The third kappa shape index (κ3) is 2.70. The summed E-state index contributed by atoms with van der Waals surface area (Å²) in [5.41, 5.74) is 0.249. The van der Waals surface area contributed by atoms with Gasteiger partial charge < -0.3 is 10.1 Å². The second-order valence-corrected chi connectivity index (χ2v) is 5.01. The quantitative estimate of drug-likeness (QED) is 0.872. The molecular weight excluding hydrogens is 236 g/mol. The van der Waals surface area contributed by atoms with Crippen LogP contribution in [0, 0.1) is 11.6 Å². The van der Waals surface area contributed by atoms with Crippen molar-refractivity contribution in [2.45, 2.75) is 37.8 Å². The Morgan fingerprint density at radius 2 is 2.11 bits per heavy atom. The molecule has 1 aliphatic rings. The molecule has 1 aliphatic carbocycles. The molecule has 0 saturated heterocycles. The molecule has 1 N–H and O–H groups in total. The molecule has 1 fully saturated rings. The van der Waals surface area contributed by atoms with Crippen LogP contribution in [0.2, 0.25) is 0 Å². The van der Waals surface area contributed by atoms with Crippen molar-refractivity contribution in [2.75, 3.05) is 13.7 Å². The van der Waals surface area contributed by atoms with E-state index in [-0.39, 0.29) is 17.5 Å². The lowest BCUT2D eigenvalue weighted by Gasteiger charge is -2.41. The van der Waals surface area contributed by atoms with E-state index in [1.807, 2.05) is 6.92 Å². The SMILES string of the molecule is COC1(CNC(C)c2cc(F)ccc2F)CCC1. The van der Waals surface area contributed by atoms with Crippen molar-refractivity contribution < 1.29 is 13.5 Å². The lowest BCUT2D eigenvalue weighted by molar-refractivity contribution is -0.0707. The molecule has 1 saturated carbocycles. The Morgan fingerprint density at radius 1 is 1.39 bits per heavy atom. The number of rotatable bonds is 5. The summed E-state index contributed by atoms with van der Waals surface area (Å²) in [4.78, 5) is 0. The molecule has 1 atom stereocenters. The molecule has 1 unspecified atom stereocenters. The smallest absolute Gasteiger partial charge is 0.128 e. The third-order valence-electron chi connectivity index (χ3n) is 3.85. The Morgan fingerprint density at radius 3 is 2.67 bits per heavy atom. The molecule has 18 heavy (non-hydrogen) atoms. The minimum Gasteiger partial charge on any atom is -0.377 e. The normalized spacial score (nSPS) is 19.3. The maximum absolute atomic E-state index is 13.6. The van der Waals surface area contributed by atoms with Crippen LogP contribution >= 0.6 is 0 Å². The molecule has 1 aromatic carbocycles. The number of methoxy groups -OCH3 is 1. The number of hydrogen-bond acceptors (Lipinski definition) is 2. The van der Waals surface area contributed by atoms with Gasteiger partial charge in [0.1, 0.15) is 11.6 Å². The van der Waals surface area contributed by atoms with E-state index in [1.165, 1.54) is 6.07 Å². The minimum atomic E-state index is -0.412. The molecule has 2 nitrogen and oxygen atoms in total. The van der Waals surface area contributed by atoms with Gasteiger partial charge in [-0.05, 0) is 44.4 Å². The van der Waals surface area contributed by atoms with Crippen LogP contribution in [-0.4, -0.2) is 19.3 Å². The van der Waals surface area contributed by atoms with Crippen molar-refractivity contribution in [3.05, 3.63) is 35.4 Å². The Kier molecular flexibility index (Phi) is 3.97. The van der Waals surface area contributed by atoms with E-state index in [4.69, 9.17) is 4.74 Å². The van der Waals surface area contributed by atoms with E-state index < -0.39 is 5.82 Å². The first-order valence-electron chi connectivity index (χ1n) is 6.30. The van der Waals surface area contributed by atoms with E-state index >= 15 is 0 Å². The van der Waals surface area contributed by atoms with Crippen LogP contribution in [0.3, 0.4) is 0 Å². The highest BCUT2D eigenvalue weighted by molar-refractivity contribution is 5.21. The summed E-state index contributed by atoms with van der Waals surface area (Å²) in [5.74, 6) is -0.790. The number of benzene rings is 1. The van der Waals surface area contributed by atoms with Crippen LogP contribution in [0.25, 0.3) is 0 Å². The van der Waals surface area contributed by atoms with E-state index in [1.54, 1.807) is 7.11 Å². The van der Waals surface area contributed by atoms with Crippen LogP contribution in [0.4, 0.5) is 8.78 Å². The molecular formula is C14H19F2NO. The average molecular weight is 255 g/mol. The van der Waals surface area contributed by atoms with Crippen molar-refractivity contribution in [1.82, 2.24) is 5.32 Å². The zero-order valence-corrected chi connectivity index (χ0v) is 10.8. The summed E-state index contributed by atoms with van der Waals surface area (Å²) in [6.07, 6.45) is 3.21. The summed E-state index contributed by atoms with van der Waals surface area (Å²) >= 11 is 0. The van der Waals surface area contributed by atoms with Gasteiger partial charge in [0.25, 0.3) is 0 Å². The molecule has 0 radical (unpaired) electrons. The van der Waals surface area contributed by atoms with Gasteiger partial charge in [-0.3, -0.25) is 0 Å². The standard InChI is InChI=1S/C14H19F2NO/c1-10(12-8-11(15)4-5-13(12)16)17-9-14(18-2)6-3-7-14/h4-5,8,10,17H,3,6-7,9H2,1-2H3. The first-order valence-corrected chi connectivity index (χ1v) is 6.30. The Hall–Kier alpha value is -1.00. The molecule has 0 bridgehead atoms. The van der Waals surface area contributed by atoms with Gasteiger partial charge in [-0.2, -0.15) is 0 Å². The highest BCUT2D eigenvalue weighted by Gasteiger charge is 2.37. The Bertz CT molecular complexity index is 413. The van der Waals surface area contributed by atoms with Gasteiger partial charge in [0, 0.05) is 25.3 Å². The first-order chi connectivity index (χ1) is 8.56. The second-order valence-electron chi connectivity index (χ2n) is 5.01. The van der Waals surface area contributed by atoms with E-state index in [2.05, 4.69) is 5.32 Å². The molecule has 0 aromatic heterocycles. The number of halogens is 2. The fourth-order valence-corrected chi connectivity index (χ4v) is 2.32. The molecule has 4 heteroatoms. The molecule has 100 valence electrons. The molecule has 0 heterocycles. The minimum absolute atomic E-state index is 0.113. The van der Waals surface area contributed by atoms with E-state index in [0.717, 1.165) is 31.4 Å². The van der Waals surface area contributed by atoms with Crippen molar-refractivity contribution in [3.63, 3.8) is 0 Å². The zero-order chi connectivity index (χ0) is 13.2. The summed E-state index contributed by atoms with van der Waals surface area (Å²) < 4.78 is 32.2. The van der Waals surface area contributed by atoms with Gasteiger partial charge in [-0.15, -0.1) is 0 Å². The summed E-state index contributed by atoms with van der Waals surface area (Å²) in [7, 11) is 1.70. The van der Waals surface area contributed by atoms with Gasteiger partial charge in [0.15, 0.2) is 0 Å². The second kappa shape index (κ2) is 5.33. The topological polar surface area (TPSA) is 21.3 Å². The summed E-state index contributed by atoms with van der Waals surface area (Å²) in [5, 5.41) is 3.23. The van der Waals surface area contributed by atoms with Crippen LogP contribution in [0.15, 0.2) is 18.2 Å².